The van der Waals surface area contributed by atoms with Gasteiger partial charge in [-0.1, -0.05) is 0 Å². The lowest BCUT2D eigenvalue weighted by Gasteiger charge is -2.22. The molecule has 1 aliphatic rings. The molecule has 3 heterocycles. The zero-order valence-electron chi connectivity index (χ0n) is 22.3. The zero-order chi connectivity index (χ0) is 31.7. The van der Waals surface area contributed by atoms with Crippen molar-refractivity contribution in [3.05, 3.63) is 42.0 Å². The van der Waals surface area contributed by atoms with E-state index in [1.54, 1.807) is 13.0 Å². The van der Waals surface area contributed by atoms with Crippen molar-refractivity contribution in [2.75, 3.05) is 19.5 Å². The lowest BCUT2D eigenvalue weighted by atomic mass is 10.0. The molecule has 0 amide bonds. The summed E-state index contributed by atoms with van der Waals surface area (Å²) in [6.45, 7) is 0.758. The quantitative estimate of drug-likeness (QED) is 0.117. The molecule has 20 nitrogen and oxygen atoms in total. The summed E-state index contributed by atoms with van der Waals surface area (Å²) in [6.07, 6.45) is -0.988. The fourth-order valence-electron chi connectivity index (χ4n) is 4.13. The summed E-state index contributed by atoms with van der Waals surface area (Å²) in [5.74, 6) is -0.318. The number of fused-ring (bicyclic) bond motifs is 1. The van der Waals surface area contributed by atoms with Crippen LogP contribution < -0.4 is 16.2 Å². The number of rotatable bonds is 12. The number of nitrogens with two attached hydrogens (primary N) is 2. The van der Waals surface area contributed by atoms with Crippen molar-refractivity contribution in [3.63, 3.8) is 0 Å². The number of imidazole rings is 1. The molecule has 0 bridgehead atoms. The number of aromatic nitrogens is 4. The number of phosphoric ester groups is 1. The van der Waals surface area contributed by atoms with Crippen molar-refractivity contribution in [2.24, 2.45) is 5.73 Å². The van der Waals surface area contributed by atoms with Crippen molar-refractivity contribution in [3.8, 4) is 5.75 Å². The van der Waals surface area contributed by atoms with E-state index in [4.69, 9.17) is 40.0 Å². The Hall–Kier alpha value is -2.83. The van der Waals surface area contributed by atoms with Crippen LogP contribution >= 0.6 is 23.5 Å². The molecule has 0 aliphatic carbocycles. The molecule has 4 rings (SSSR count). The SMILES string of the molecule is COc1ccc(C(=O)O[C@@H]2C[C@H](n3cnc4c(N)ncnc43)OC2COP(=O)(O)OP(=O)(O)OP(=O)(O)O)c(C(C)N)c1. The van der Waals surface area contributed by atoms with Crippen LogP contribution in [0.4, 0.5) is 5.82 Å². The monoisotopic (exact) mass is 668 g/mol. The second kappa shape index (κ2) is 12.6. The van der Waals surface area contributed by atoms with Gasteiger partial charge >= 0.3 is 29.4 Å². The maximum absolute atomic E-state index is 13.3. The minimum atomic E-state index is -5.77. The van der Waals surface area contributed by atoms with Crippen LogP contribution in [-0.2, 0) is 36.3 Å². The molecule has 6 atom stereocenters. The van der Waals surface area contributed by atoms with Gasteiger partial charge in [-0.05, 0) is 30.7 Å². The van der Waals surface area contributed by atoms with Crippen LogP contribution in [-0.4, -0.2) is 71.0 Å². The highest BCUT2D eigenvalue weighted by Gasteiger charge is 2.44. The van der Waals surface area contributed by atoms with Crippen LogP contribution in [0.2, 0.25) is 0 Å². The smallest absolute Gasteiger partial charge is 0.490 e. The summed E-state index contributed by atoms with van der Waals surface area (Å²) in [7, 11) is -15.4. The van der Waals surface area contributed by atoms with Crippen LogP contribution in [0.25, 0.3) is 11.2 Å². The number of hydrogen-bond donors (Lipinski definition) is 6. The van der Waals surface area contributed by atoms with Gasteiger partial charge in [-0.2, -0.15) is 8.62 Å². The Morgan fingerprint density at radius 2 is 1.86 bits per heavy atom. The number of carbonyl (C=O) groups is 1. The number of ether oxygens (including phenoxy) is 3. The molecule has 1 saturated heterocycles. The summed E-state index contributed by atoms with van der Waals surface area (Å²) >= 11 is 0. The number of hydrogen-bond acceptors (Lipinski definition) is 15. The fraction of sp³-hybridized carbons (Fsp3) is 0.400. The van der Waals surface area contributed by atoms with Crippen molar-refractivity contribution in [1.29, 1.82) is 0 Å². The Labute approximate surface area is 242 Å². The van der Waals surface area contributed by atoms with Crippen molar-refractivity contribution < 1.29 is 65.4 Å². The van der Waals surface area contributed by atoms with Gasteiger partial charge in [-0.15, -0.1) is 0 Å². The van der Waals surface area contributed by atoms with Gasteiger partial charge in [-0.3, -0.25) is 9.09 Å². The van der Waals surface area contributed by atoms with Gasteiger partial charge in [0.05, 0.1) is 25.6 Å². The first-order valence-electron chi connectivity index (χ1n) is 12.0. The maximum atomic E-state index is 13.3. The van der Waals surface area contributed by atoms with Gasteiger partial charge in [-0.25, -0.2) is 33.4 Å². The number of benzene rings is 1. The van der Waals surface area contributed by atoms with Gasteiger partial charge in [0.2, 0.25) is 0 Å². The van der Waals surface area contributed by atoms with E-state index in [0.717, 1.165) is 0 Å². The highest BCUT2D eigenvalue weighted by molar-refractivity contribution is 7.66. The van der Waals surface area contributed by atoms with Crippen molar-refractivity contribution >= 4 is 46.4 Å². The number of anilines is 1. The van der Waals surface area contributed by atoms with E-state index in [-0.39, 0.29) is 29.0 Å². The summed E-state index contributed by atoms with van der Waals surface area (Å²) in [4.78, 5) is 62.2. The van der Waals surface area contributed by atoms with E-state index in [1.165, 1.54) is 36.5 Å². The zero-order valence-corrected chi connectivity index (χ0v) is 25.0. The molecule has 1 aliphatic heterocycles. The molecular weight excluding hydrogens is 641 g/mol. The Morgan fingerprint density at radius 1 is 1.14 bits per heavy atom. The van der Waals surface area contributed by atoms with E-state index in [1.807, 2.05) is 0 Å². The molecular formula is C20H27N6O14P3. The molecule has 4 unspecified atom stereocenters. The number of nitrogen functional groups attached to an aromatic ring is 1. The summed E-state index contributed by atoms with van der Waals surface area (Å²) in [5, 5.41) is 0. The van der Waals surface area contributed by atoms with E-state index in [9.17, 15) is 28.3 Å². The van der Waals surface area contributed by atoms with Gasteiger partial charge < -0.3 is 45.3 Å². The first-order chi connectivity index (χ1) is 20.0. The molecule has 1 fully saturated rings. The van der Waals surface area contributed by atoms with Gasteiger partial charge in [0.15, 0.2) is 11.5 Å². The first-order valence-corrected chi connectivity index (χ1v) is 16.5. The van der Waals surface area contributed by atoms with Crippen LogP contribution in [0.3, 0.4) is 0 Å². The predicted octanol–water partition coefficient (Wildman–Crippen LogP) is 1.29. The number of phosphoric acid groups is 3. The third-order valence-corrected chi connectivity index (χ3v) is 9.73. The highest BCUT2D eigenvalue weighted by Crippen LogP contribution is 2.66. The van der Waals surface area contributed by atoms with Crippen LogP contribution in [0.1, 0.15) is 41.5 Å². The minimum absolute atomic E-state index is 0.0742. The standard InChI is InChI=1S/C20H27N6O14P3/c1-10(21)13-5-11(35-2)3-4-12(13)20(27)38-14-6-16(26-9-25-17-18(22)23-8-24-19(17)26)37-15(14)7-36-42(31,32)40-43(33,34)39-41(28,29)30/h3-5,8-10,14-16H,6-7,21H2,1-2H3,(H,31,32)(H,33,34)(H2,22,23,24)(H2,28,29,30)/t10?,14-,15?,16-/m1/s1. The largest absolute Gasteiger partial charge is 0.497 e. The van der Waals surface area contributed by atoms with Gasteiger partial charge in [0.25, 0.3) is 0 Å². The molecule has 2 aromatic heterocycles. The third-order valence-electron chi connectivity index (χ3n) is 5.92. The Balaban J connectivity index is 1.58. The molecule has 23 heteroatoms. The molecule has 8 N–H and O–H groups in total. The van der Waals surface area contributed by atoms with Crippen molar-refractivity contribution in [2.45, 2.75) is 37.8 Å². The van der Waals surface area contributed by atoms with Gasteiger partial charge in [0.1, 0.15) is 36.0 Å². The number of methoxy groups -OCH3 is 1. The highest BCUT2D eigenvalue weighted by atomic mass is 31.3. The lowest BCUT2D eigenvalue weighted by molar-refractivity contribution is -0.0490. The maximum Gasteiger partial charge on any atom is 0.490 e. The predicted molar refractivity (Wildman–Crippen MR) is 143 cm³/mol. The number of carbonyl (C=O) groups excluding carboxylic acids is 1. The molecule has 0 radical (unpaired) electrons. The summed E-state index contributed by atoms with van der Waals surface area (Å²) in [5.41, 5.74) is 12.9. The second-order valence-corrected chi connectivity index (χ2v) is 13.4. The molecule has 43 heavy (non-hydrogen) atoms. The Morgan fingerprint density at radius 3 is 2.51 bits per heavy atom. The van der Waals surface area contributed by atoms with Crippen LogP contribution in [0, 0.1) is 0 Å². The second-order valence-electron chi connectivity index (χ2n) is 9.02. The molecule has 1 aromatic carbocycles. The molecule has 236 valence electrons. The third kappa shape index (κ3) is 8.21. The van der Waals surface area contributed by atoms with Crippen LogP contribution in [0.5, 0.6) is 5.75 Å². The normalized spacial score (nSPS) is 22.5. The van der Waals surface area contributed by atoms with E-state index < -0.39 is 60.5 Å². The Kier molecular flexibility index (Phi) is 9.73. The summed E-state index contributed by atoms with van der Waals surface area (Å²) < 4.78 is 65.4. The van der Waals surface area contributed by atoms with Crippen LogP contribution in [0.15, 0.2) is 30.9 Å². The summed E-state index contributed by atoms with van der Waals surface area (Å²) in [6, 6.07) is 3.92. The fourth-order valence-corrected chi connectivity index (χ4v) is 7.16. The number of nitrogens with zero attached hydrogens (tertiary/aromatic N) is 4. The van der Waals surface area contributed by atoms with E-state index in [0.29, 0.717) is 11.3 Å². The first kappa shape index (κ1) is 33.1. The molecule has 0 spiro atoms. The minimum Gasteiger partial charge on any atom is -0.497 e. The van der Waals surface area contributed by atoms with Crippen molar-refractivity contribution in [1.82, 2.24) is 19.5 Å². The average molecular weight is 668 g/mol. The topological polar surface area (TPSA) is 300 Å². The van der Waals surface area contributed by atoms with Gasteiger partial charge in [0, 0.05) is 12.5 Å². The molecule has 0 saturated carbocycles. The van der Waals surface area contributed by atoms with E-state index in [2.05, 4.69) is 23.6 Å². The molecule has 3 aromatic rings. The average Bonchev–Trinajstić information content (AvgIpc) is 3.49. The Bertz CT molecular complexity index is 1650. The lowest BCUT2D eigenvalue weighted by Crippen LogP contribution is -2.31. The van der Waals surface area contributed by atoms with E-state index >= 15 is 0 Å². The number of esters is 1.